The summed E-state index contributed by atoms with van der Waals surface area (Å²) in [6.45, 7) is 1.13. The fourth-order valence-electron chi connectivity index (χ4n) is 1.20. The number of halogens is 1. The SMILES string of the molecule is Nc1ccc(NCCSCCCO)c(Cl)c1. The molecule has 0 atom stereocenters. The van der Waals surface area contributed by atoms with E-state index < -0.39 is 0 Å². The van der Waals surface area contributed by atoms with Crippen molar-refractivity contribution in [3.8, 4) is 0 Å². The van der Waals surface area contributed by atoms with Crippen molar-refractivity contribution in [3.05, 3.63) is 23.2 Å². The van der Waals surface area contributed by atoms with Crippen molar-refractivity contribution in [2.24, 2.45) is 0 Å². The molecule has 1 aromatic rings. The number of nitrogen functional groups attached to an aromatic ring is 1. The van der Waals surface area contributed by atoms with Gasteiger partial charge in [-0.05, 0) is 30.4 Å². The second-order valence-corrected chi connectivity index (χ2v) is 4.99. The third-order valence-electron chi connectivity index (χ3n) is 2.00. The summed E-state index contributed by atoms with van der Waals surface area (Å²) in [5.41, 5.74) is 7.19. The second kappa shape index (κ2) is 7.65. The summed E-state index contributed by atoms with van der Waals surface area (Å²) in [5, 5.41) is 12.5. The summed E-state index contributed by atoms with van der Waals surface area (Å²) < 4.78 is 0. The van der Waals surface area contributed by atoms with Gasteiger partial charge in [-0.2, -0.15) is 11.8 Å². The molecule has 0 saturated carbocycles. The van der Waals surface area contributed by atoms with E-state index in [0.29, 0.717) is 10.7 Å². The van der Waals surface area contributed by atoms with E-state index in [1.807, 2.05) is 23.9 Å². The molecular formula is C11H17ClN2OS. The molecule has 0 heterocycles. The maximum atomic E-state index is 8.60. The Morgan fingerprint density at radius 3 is 2.88 bits per heavy atom. The number of anilines is 2. The van der Waals surface area contributed by atoms with Crippen LogP contribution in [-0.4, -0.2) is 29.8 Å². The van der Waals surface area contributed by atoms with Gasteiger partial charge in [0.15, 0.2) is 0 Å². The maximum Gasteiger partial charge on any atom is 0.0657 e. The van der Waals surface area contributed by atoms with Gasteiger partial charge in [0, 0.05) is 24.6 Å². The molecule has 16 heavy (non-hydrogen) atoms. The molecule has 0 bridgehead atoms. The summed E-state index contributed by atoms with van der Waals surface area (Å²) in [4.78, 5) is 0. The molecular weight excluding hydrogens is 244 g/mol. The average molecular weight is 261 g/mol. The summed E-state index contributed by atoms with van der Waals surface area (Å²) in [6, 6.07) is 5.45. The minimum Gasteiger partial charge on any atom is -0.399 e. The fraction of sp³-hybridized carbons (Fsp3) is 0.455. The van der Waals surface area contributed by atoms with Gasteiger partial charge in [-0.15, -0.1) is 0 Å². The van der Waals surface area contributed by atoms with Crippen molar-refractivity contribution in [1.82, 2.24) is 0 Å². The summed E-state index contributed by atoms with van der Waals surface area (Å²) in [5.74, 6) is 1.99. The third-order valence-corrected chi connectivity index (χ3v) is 3.38. The number of nitrogens with two attached hydrogens (primary N) is 1. The minimum absolute atomic E-state index is 0.268. The first kappa shape index (κ1) is 13.5. The van der Waals surface area contributed by atoms with Crippen molar-refractivity contribution < 1.29 is 5.11 Å². The highest BCUT2D eigenvalue weighted by Gasteiger charge is 1.99. The number of thioether (sulfide) groups is 1. The van der Waals surface area contributed by atoms with Crippen molar-refractivity contribution in [3.63, 3.8) is 0 Å². The van der Waals surface area contributed by atoms with Gasteiger partial charge in [-0.25, -0.2) is 0 Å². The Kier molecular flexibility index (Phi) is 6.45. The highest BCUT2D eigenvalue weighted by molar-refractivity contribution is 7.99. The Morgan fingerprint density at radius 2 is 2.19 bits per heavy atom. The van der Waals surface area contributed by atoms with E-state index in [2.05, 4.69) is 5.32 Å². The first-order chi connectivity index (χ1) is 7.74. The van der Waals surface area contributed by atoms with Gasteiger partial charge in [0.25, 0.3) is 0 Å². The predicted octanol–water partition coefficient (Wildman–Crippen LogP) is 2.45. The summed E-state index contributed by atoms with van der Waals surface area (Å²) >= 11 is 7.83. The van der Waals surface area contributed by atoms with Gasteiger partial charge < -0.3 is 16.2 Å². The van der Waals surface area contributed by atoms with Crippen LogP contribution in [0.4, 0.5) is 11.4 Å². The van der Waals surface area contributed by atoms with Crippen LogP contribution in [0.25, 0.3) is 0 Å². The van der Waals surface area contributed by atoms with E-state index in [4.69, 9.17) is 22.4 Å². The van der Waals surface area contributed by atoms with E-state index in [-0.39, 0.29) is 6.61 Å². The molecule has 5 heteroatoms. The van der Waals surface area contributed by atoms with Gasteiger partial charge in [0.2, 0.25) is 0 Å². The van der Waals surface area contributed by atoms with Crippen molar-refractivity contribution in [2.45, 2.75) is 6.42 Å². The highest BCUT2D eigenvalue weighted by Crippen LogP contribution is 2.23. The van der Waals surface area contributed by atoms with Crippen LogP contribution < -0.4 is 11.1 Å². The monoisotopic (exact) mass is 260 g/mol. The van der Waals surface area contributed by atoms with Crippen LogP contribution in [0.3, 0.4) is 0 Å². The van der Waals surface area contributed by atoms with Crippen molar-refractivity contribution in [1.29, 1.82) is 0 Å². The molecule has 0 amide bonds. The van der Waals surface area contributed by atoms with Crippen LogP contribution in [0.2, 0.25) is 5.02 Å². The van der Waals surface area contributed by atoms with Crippen LogP contribution in [0, 0.1) is 0 Å². The maximum absolute atomic E-state index is 8.60. The quantitative estimate of drug-likeness (QED) is 0.521. The standard InChI is InChI=1S/C11H17ClN2OS/c12-10-8-9(13)2-3-11(10)14-4-7-16-6-1-5-15/h2-3,8,14-15H,1,4-7,13H2. The van der Waals surface area contributed by atoms with Crippen LogP contribution in [0.15, 0.2) is 18.2 Å². The van der Waals surface area contributed by atoms with Crippen LogP contribution in [0.5, 0.6) is 0 Å². The zero-order chi connectivity index (χ0) is 11.8. The van der Waals surface area contributed by atoms with E-state index in [1.54, 1.807) is 6.07 Å². The lowest BCUT2D eigenvalue weighted by Crippen LogP contribution is -2.05. The Morgan fingerprint density at radius 1 is 1.38 bits per heavy atom. The number of aliphatic hydroxyl groups excluding tert-OH is 1. The van der Waals surface area contributed by atoms with Crippen molar-refractivity contribution >= 4 is 34.7 Å². The first-order valence-corrected chi connectivity index (χ1v) is 6.75. The minimum atomic E-state index is 0.268. The number of aliphatic hydroxyl groups is 1. The molecule has 3 nitrogen and oxygen atoms in total. The molecule has 0 spiro atoms. The van der Waals surface area contributed by atoms with Crippen LogP contribution in [0.1, 0.15) is 6.42 Å². The zero-order valence-corrected chi connectivity index (χ0v) is 10.7. The molecule has 4 N–H and O–H groups in total. The summed E-state index contributed by atoms with van der Waals surface area (Å²) in [7, 11) is 0. The largest absolute Gasteiger partial charge is 0.399 e. The van der Waals surface area contributed by atoms with E-state index in [9.17, 15) is 0 Å². The predicted molar refractivity (Wildman–Crippen MR) is 73.4 cm³/mol. The first-order valence-electron chi connectivity index (χ1n) is 5.21. The zero-order valence-electron chi connectivity index (χ0n) is 9.08. The number of hydrogen-bond acceptors (Lipinski definition) is 4. The van der Waals surface area contributed by atoms with E-state index in [0.717, 1.165) is 30.2 Å². The van der Waals surface area contributed by atoms with Gasteiger partial charge in [-0.1, -0.05) is 11.6 Å². The molecule has 0 aromatic heterocycles. The second-order valence-electron chi connectivity index (χ2n) is 3.36. The number of hydrogen-bond donors (Lipinski definition) is 3. The van der Waals surface area contributed by atoms with E-state index in [1.165, 1.54) is 0 Å². The molecule has 1 aromatic carbocycles. The Balaban J connectivity index is 2.21. The van der Waals surface area contributed by atoms with Crippen LogP contribution >= 0.6 is 23.4 Å². The Hall–Kier alpha value is -0.580. The molecule has 1 rings (SSSR count). The molecule has 0 aliphatic heterocycles. The van der Waals surface area contributed by atoms with Gasteiger partial charge >= 0.3 is 0 Å². The number of nitrogens with one attached hydrogen (secondary N) is 1. The van der Waals surface area contributed by atoms with E-state index >= 15 is 0 Å². The summed E-state index contributed by atoms with van der Waals surface area (Å²) in [6.07, 6.45) is 0.854. The van der Waals surface area contributed by atoms with Gasteiger partial charge in [0.05, 0.1) is 10.7 Å². The molecule has 0 aliphatic rings. The van der Waals surface area contributed by atoms with Crippen molar-refractivity contribution in [2.75, 3.05) is 35.7 Å². The molecule has 0 unspecified atom stereocenters. The third kappa shape index (κ3) is 4.96. The van der Waals surface area contributed by atoms with Gasteiger partial charge in [0.1, 0.15) is 0 Å². The lowest BCUT2D eigenvalue weighted by Gasteiger charge is -2.08. The molecule has 0 saturated heterocycles. The smallest absolute Gasteiger partial charge is 0.0657 e. The molecule has 0 aliphatic carbocycles. The lowest BCUT2D eigenvalue weighted by atomic mass is 10.3. The average Bonchev–Trinajstić information content (AvgIpc) is 2.26. The molecule has 0 radical (unpaired) electrons. The normalized spacial score (nSPS) is 10.4. The topological polar surface area (TPSA) is 58.3 Å². The highest BCUT2D eigenvalue weighted by atomic mass is 35.5. The molecule has 90 valence electrons. The van der Waals surface area contributed by atoms with Gasteiger partial charge in [-0.3, -0.25) is 0 Å². The number of benzene rings is 1. The number of rotatable bonds is 7. The Labute approximate surface area is 105 Å². The lowest BCUT2D eigenvalue weighted by molar-refractivity contribution is 0.296. The Bertz CT molecular complexity index is 323. The fourth-order valence-corrected chi connectivity index (χ4v) is 2.24. The van der Waals surface area contributed by atoms with Crippen LogP contribution in [-0.2, 0) is 0 Å². The molecule has 0 fully saturated rings.